The summed E-state index contributed by atoms with van der Waals surface area (Å²) in [6.45, 7) is 0. The molecule has 0 radical (unpaired) electrons. The average molecular weight is 160 g/mol. The molecule has 0 amide bonds. The summed E-state index contributed by atoms with van der Waals surface area (Å²) in [4.78, 5) is 4.77. The van der Waals surface area contributed by atoms with Crippen LogP contribution in [-0.4, -0.2) is 4.98 Å². The quantitative estimate of drug-likeness (QED) is 0.591. The largest absolute Gasteiger partial charge is 0.441 e. The molecule has 0 aromatic carbocycles. The molecule has 9 heavy (non-hydrogen) atoms. The summed E-state index contributed by atoms with van der Waals surface area (Å²) in [7, 11) is 0. The van der Waals surface area contributed by atoms with E-state index < -0.39 is 0 Å². The van der Waals surface area contributed by atoms with Gasteiger partial charge in [0.15, 0.2) is 16.8 Å². The SMILES string of the molecule is Clc1csc2ncoc12. The Morgan fingerprint density at radius 3 is 3.33 bits per heavy atom. The van der Waals surface area contributed by atoms with E-state index in [1.54, 1.807) is 0 Å². The topological polar surface area (TPSA) is 26.0 Å². The number of hydrogen-bond acceptors (Lipinski definition) is 3. The molecular formula is C5H2ClNOS. The number of hydrogen-bond donors (Lipinski definition) is 0. The zero-order valence-electron chi connectivity index (χ0n) is 4.30. The fourth-order valence-corrected chi connectivity index (χ4v) is 1.65. The molecule has 0 bridgehead atoms. The molecule has 2 rings (SSSR count). The molecule has 0 saturated carbocycles. The van der Waals surface area contributed by atoms with Crippen molar-refractivity contribution >= 4 is 33.4 Å². The number of halogens is 1. The van der Waals surface area contributed by atoms with Crippen LogP contribution in [0, 0.1) is 0 Å². The Bertz CT molecular complexity index is 326. The predicted molar refractivity (Wildman–Crippen MR) is 36.9 cm³/mol. The van der Waals surface area contributed by atoms with Gasteiger partial charge in [-0.2, -0.15) is 0 Å². The van der Waals surface area contributed by atoms with Gasteiger partial charge in [-0.15, -0.1) is 11.3 Å². The van der Waals surface area contributed by atoms with E-state index in [1.165, 1.54) is 17.7 Å². The summed E-state index contributed by atoms with van der Waals surface area (Å²) in [5, 5.41) is 2.45. The fourth-order valence-electron chi connectivity index (χ4n) is 0.639. The van der Waals surface area contributed by atoms with Crippen molar-refractivity contribution < 1.29 is 4.42 Å². The van der Waals surface area contributed by atoms with Gasteiger partial charge in [-0.1, -0.05) is 11.6 Å². The highest BCUT2D eigenvalue weighted by Gasteiger charge is 2.03. The Labute approximate surface area is 60.1 Å². The van der Waals surface area contributed by atoms with E-state index in [2.05, 4.69) is 4.98 Å². The van der Waals surface area contributed by atoms with Crippen molar-refractivity contribution in [2.24, 2.45) is 0 Å². The Kier molecular flexibility index (Phi) is 1.00. The number of aromatic nitrogens is 1. The maximum Gasteiger partial charge on any atom is 0.184 e. The van der Waals surface area contributed by atoms with Gasteiger partial charge in [-0.3, -0.25) is 0 Å². The molecule has 0 aliphatic rings. The van der Waals surface area contributed by atoms with Crippen LogP contribution in [0.1, 0.15) is 0 Å². The first kappa shape index (κ1) is 5.26. The molecule has 2 nitrogen and oxygen atoms in total. The molecule has 0 aliphatic heterocycles. The van der Waals surface area contributed by atoms with Crippen molar-refractivity contribution in [3.05, 3.63) is 16.8 Å². The van der Waals surface area contributed by atoms with Gasteiger partial charge in [0, 0.05) is 5.38 Å². The first-order chi connectivity index (χ1) is 4.38. The van der Waals surface area contributed by atoms with Gasteiger partial charge < -0.3 is 4.42 Å². The fraction of sp³-hybridized carbons (Fsp3) is 0. The molecule has 0 unspecified atom stereocenters. The van der Waals surface area contributed by atoms with Gasteiger partial charge in [-0.05, 0) is 0 Å². The van der Waals surface area contributed by atoms with Crippen LogP contribution < -0.4 is 0 Å². The van der Waals surface area contributed by atoms with Crippen LogP contribution in [0.25, 0.3) is 10.4 Å². The molecule has 0 fully saturated rings. The molecular weight excluding hydrogens is 158 g/mol. The first-order valence-corrected chi connectivity index (χ1v) is 3.60. The summed E-state index contributed by atoms with van der Waals surface area (Å²) in [6.07, 6.45) is 1.40. The van der Waals surface area contributed by atoms with E-state index in [-0.39, 0.29) is 0 Å². The van der Waals surface area contributed by atoms with E-state index in [9.17, 15) is 0 Å². The van der Waals surface area contributed by atoms with Crippen LogP contribution in [0.5, 0.6) is 0 Å². The van der Waals surface area contributed by atoms with Crippen LogP contribution >= 0.6 is 22.9 Å². The van der Waals surface area contributed by atoms with Crippen molar-refractivity contribution in [3.8, 4) is 0 Å². The highest BCUT2D eigenvalue weighted by Crippen LogP contribution is 2.27. The minimum absolute atomic E-state index is 0.646. The normalized spacial score (nSPS) is 10.8. The van der Waals surface area contributed by atoms with Gasteiger partial charge >= 0.3 is 0 Å². The van der Waals surface area contributed by atoms with Gasteiger partial charge in [0.2, 0.25) is 0 Å². The second kappa shape index (κ2) is 1.72. The minimum Gasteiger partial charge on any atom is -0.441 e. The lowest BCUT2D eigenvalue weighted by Gasteiger charge is -1.71. The molecule has 4 heteroatoms. The number of fused-ring (bicyclic) bond motifs is 1. The smallest absolute Gasteiger partial charge is 0.184 e. The second-order valence-corrected chi connectivity index (χ2v) is 2.84. The zero-order valence-corrected chi connectivity index (χ0v) is 5.87. The summed E-state index contributed by atoms with van der Waals surface area (Å²) in [5.41, 5.74) is 0.696. The lowest BCUT2D eigenvalue weighted by Crippen LogP contribution is -1.48. The molecule has 0 aliphatic carbocycles. The lowest BCUT2D eigenvalue weighted by atomic mass is 10.6. The summed E-state index contributed by atoms with van der Waals surface area (Å²) in [5.74, 6) is 0. The van der Waals surface area contributed by atoms with Crippen LogP contribution in [0.4, 0.5) is 0 Å². The average Bonchev–Trinajstić information content (AvgIpc) is 2.35. The number of oxazole rings is 1. The van der Waals surface area contributed by atoms with Crippen LogP contribution in [-0.2, 0) is 0 Å². The van der Waals surface area contributed by atoms with Gasteiger partial charge in [0.25, 0.3) is 0 Å². The molecule has 2 aromatic heterocycles. The van der Waals surface area contributed by atoms with Crippen LogP contribution in [0.2, 0.25) is 5.02 Å². The minimum atomic E-state index is 0.646. The van der Waals surface area contributed by atoms with Crippen molar-refractivity contribution in [2.45, 2.75) is 0 Å². The number of thiophene rings is 1. The van der Waals surface area contributed by atoms with E-state index in [4.69, 9.17) is 16.0 Å². The Hall–Kier alpha value is -0.540. The summed E-state index contributed by atoms with van der Waals surface area (Å²) in [6, 6.07) is 0. The molecule has 2 heterocycles. The van der Waals surface area contributed by atoms with Gasteiger partial charge in [0.05, 0.1) is 5.02 Å². The maximum absolute atomic E-state index is 5.69. The summed E-state index contributed by atoms with van der Waals surface area (Å²) < 4.78 is 4.96. The summed E-state index contributed by atoms with van der Waals surface area (Å²) >= 11 is 7.17. The van der Waals surface area contributed by atoms with E-state index in [0.717, 1.165) is 4.83 Å². The molecule has 0 saturated heterocycles. The van der Waals surface area contributed by atoms with Crippen LogP contribution in [0.15, 0.2) is 16.2 Å². The standard InChI is InChI=1S/C5H2ClNOS/c6-3-1-9-5-4(3)8-2-7-5/h1-2H. The number of rotatable bonds is 0. The monoisotopic (exact) mass is 159 g/mol. The Morgan fingerprint density at radius 1 is 1.67 bits per heavy atom. The van der Waals surface area contributed by atoms with Gasteiger partial charge in [0.1, 0.15) is 0 Å². The lowest BCUT2D eigenvalue weighted by molar-refractivity contribution is 0.602. The Morgan fingerprint density at radius 2 is 2.56 bits per heavy atom. The maximum atomic E-state index is 5.69. The van der Waals surface area contributed by atoms with Crippen molar-refractivity contribution in [3.63, 3.8) is 0 Å². The highest BCUT2D eigenvalue weighted by molar-refractivity contribution is 7.17. The predicted octanol–water partition coefficient (Wildman–Crippen LogP) is 2.54. The molecule has 2 aromatic rings. The number of nitrogens with zero attached hydrogens (tertiary/aromatic N) is 1. The highest BCUT2D eigenvalue weighted by atomic mass is 35.5. The molecule has 0 N–H and O–H groups in total. The zero-order chi connectivity index (χ0) is 6.27. The Balaban J connectivity index is 2.99. The van der Waals surface area contributed by atoms with Crippen molar-refractivity contribution in [2.75, 3.05) is 0 Å². The van der Waals surface area contributed by atoms with Crippen molar-refractivity contribution in [1.82, 2.24) is 4.98 Å². The first-order valence-electron chi connectivity index (χ1n) is 2.34. The van der Waals surface area contributed by atoms with Crippen LogP contribution in [0.3, 0.4) is 0 Å². The van der Waals surface area contributed by atoms with E-state index in [1.807, 2.05) is 5.38 Å². The van der Waals surface area contributed by atoms with E-state index >= 15 is 0 Å². The third kappa shape index (κ3) is 0.653. The van der Waals surface area contributed by atoms with Crippen molar-refractivity contribution in [1.29, 1.82) is 0 Å². The molecule has 0 spiro atoms. The molecule has 46 valence electrons. The van der Waals surface area contributed by atoms with E-state index in [0.29, 0.717) is 10.6 Å². The third-order valence-electron chi connectivity index (χ3n) is 1.03. The second-order valence-electron chi connectivity index (χ2n) is 1.57. The third-order valence-corrected chi connectivity index (χ3v) is 2.30. The van der Waals surface area contributed by atoms with Gasteiger partial charge in [-0.25, -0.2) is 4.98 Å². The molecule has 0 atom stereocenters.